The van der Waals surface area contributed by atoms with Crippen LogP contribution >= 0.6 is 0 Å². The second-order valence-corrected chi connectivity index (χ2v) is 5.09. The van der Waals surface area contributed by atoms with Gasteiger partial charge in [0.15, 0.2) is 0 Å². The van der Waals surface area contributed by atoms with E-state index in [4.69, 9.17) is 0 Å². The molecular formula is C18H14N2. The number of nitrogens with zero attached hydrogens (tertiary/aromatic N) is 2. The minimum atomic E-state index is 1.12. The minimum absolute atomic E-state index is 1.12. The molecule has 0 N–H and O–H groups in total. The maximum absolute atomic E-state index is 4.25. The van der Waals surface area contributed by atoms with Gasteiger partial charge in [0.25, 0.3) is 0 Å². The molecule has 0 bridgehead atoms. The predicted molar refractivity (Wildman–Crippen MR) is 82.9 cm³/mol. The number of hydrogen-bond donors (Lipinski definition) is 0. The fraction of sp³-hybridized carbons (Fsp3) is 0.0556. The summed E-state index contributed by atoms with van der Waals surface area (Å²) in [5, 5.41) is 6.87. The van der Waals surface area contributed by atoms with Gasteiger partial charge in [-0.15, -0.1) is 0 Å². The molecule has 2 heteroatoms. The second kappa shape index (κ2) is 4.20. The highest BCUT2D eigenvalue weighted by molar-refractivity contribution is 5.98. The molecule has 96 valence electrons. The molecular weight excluding hydrogens is 244 g/mol. The quantitative estimate of drug-likeness (QED) is 0.492. The van der Waals surface area contributed by atoms with Gasteiger partial charge in [0.05, 0.1) is 5.52 Å². The van der Waals surface area contributed by atoms with E-state index in [-0.39, 0.29) is 0 Å². The lowest BCUT2D eigenvalue weighted by Crippen LogP contribution is -1.88. The second-order valence-electron chi connectivity index (χ2n) is 5.09. The van der Waals surface area contributed by atoms with Crippen LogP contribution in [-0.4, -0.2) is 9.61 Å². The van der Waals surface area contributed by atoms with Gasteiger partial charge < -0.3 is 0 Å². The van der Waals surface area contributed by atoms with Crippen LogP contribution in [0.2, 0.25) is 0 Å². The lowest BCUT2D eigenvalue weighted by molar-refractivity contribution is 0.962. The van der Waals surface area contributed by atoms with Gasteiger partial charge in [0, 0.05) is 12.4 Å². The molecule has 0 aliphatic rings. The number of aryl methyl sites for hydroxylation is 1. The Kier molecular flexibility index (Phi) is 2.36. The zero-order valence-electron chi connectivity index (χ0n) is 11.2. The van der Waals surface area contributed by atoms with Crippen LogP contribution in [0.25, 0.3) is 27.4 Å². The molecule has 0 saturated heterocycles. The van der Waals surface area contributed by atoms with Crippen LogP contribution in [0.4, 0.5) is 0 Å². The monoisotopic (exact) mass is 258 g/mol. The maximum Gasteiger partial charge on any atom is 0.0667 e. The molecule has 0 spiro atoms. The fourth-order valence-electron chi connectivity index (χ4n) is 2.79. The summed E-state index contributed by atoms with van der Waals surface area (Å²) in [4.78, 5) is 0. The third kappa shape index (κ3) is 1.62. The molecule has 2 nitrogen and oxygen atoms in total. The summed E-state index contributed by atoms with van der Waals surface area (Å²) in [7, 11) is 0. The molecule has 0 saturated carbocycles. The van der Waals surface area contributed by atoms with E-state index in [2.05, 4.69) is 60.6 Å². The summed E-state index contributed by atoms with van der Waals surface area (Å²) < 4.78 is 1.89. The molecule has 0 aliphatic heterocycles. The van der Waals surface area contributed by atoms with E-state index in [9.17, 15) is 0 Å². The number of pyridine rings is 1. The van der Waals surface area contributed by atoms with Crippen molar-refractivity contribution in [2.45, 2.75) is 6.92 Å². The topological polar surface area (TPSA) is 17.3 Å². The Bertz CT molecular complexity index is 919. The van der Waals surface area contributed by atoms with Crippen LogP contribution in [0.3, 0.4) is 0 Å². The fourth-order valence-corrected chi connectivity index (χ4v) is 2.79. The minimum Gasteiger partial charge on any atom is -0.241 e. The lowest BCUT2D eigenvalue weighted by atomic mass is 9.96. The summed E-state index contributed by atoms with van der Waals surface area (Å²) in [5.74, 6) is 0. The first-order valence-electron chi connectivity index (χ1n) is 6.75. The first-order chi connectivity index (χ1) is 9.83. The molecule has 0 aliphatic carbocycles. The largest absolute Gasteiger partial charge is 0.241 e. The summed E-state index contributed by atoms with van der Waals surface area (Å²) in [5.41, 5.74) is 4.94. The SMILES string of the molecule is Cc1ccc(-c2ccn3nccc3c2)c2ccccc12. The predicted octanol–water partition coefficient (Wildman–Crippen LogP) is 4.46. The molecule has 0 atom stereocenters. The van der Waals surface area contributed by atoms with E-state index in [0.717, 1.165) is 5.52 Å². The van der Waals surface area contributed by atoms with Gasteiger partial charge >= 0.3 is 0 Å². The Labute approximate surface area is 117 Å². The molecule has 0 radical (unpaired) electrons. The third-order valence-corrected chi connectivity index (χ3v) is 3.85. The molecule has 4 aromatic rings. The van der Waals surface area contributed by atoms with Crippen molar-refractivity contribution >= 4 is 16.3 Å². The van der Waals surface area contributed by atoms with Crippen molar-refractivity contribution in [3.8, 4) is 11.1 Å². The summed E-state index contributed by atoms with van der Waals surface area (Å²) in [6, 6.07) is 19.3. The normalized spacial score (nSPS) is 11.2. The van der Waals surface area contributed by atoms with Gasteiger partial charge in [-0.25, -0.2) is 4.52 Å². The molecule has 2 aromatic carbocycles. The summed E-state index contributed by atoms with van der Waals surface area (Å²) in [6.07, 6.45) is 3.84. The van der Waals surface area contributed by atoms with Gasteiger partial charge in [-0.1, -0.05) is 36.4 Å². The highest BCUT2D eigenvalue weighted by Crippen LogP contribution is 2.31. The van der Waals surface area contributed by atoms with Crippen molar-refractivity contribution in [2.24, 2.45) is 0 Å². The Balaban J connectivity index is 2.04. The van der Waals surface area contributed by atoms with Gasteiger partial charge in [-0.3, -0.25) is 0 Å². The van der Waals surface area contributed by atoms with E-state index in [1.807, 2.05) is 23.0 Å². The number of hydrogen-bond acceptors (Lipinski definition) is 1. The van der Waals surface area contributed by atoms with Gasteiger partial charge in [-0.05, 0) is 52.6 Å². The number of fused-ring (bicyclic) bond motifs is 2. The van der Waals surface area contributed by atoms with Crippen LogP contribution < -0.4 is 0 Å². The molecule has 2 heterocycles. The third-order valence-electron chi connectivity index (χ3n) is 3.85. The molecule has 4 rings (SSSR count). The smallest absolute Gasteiger partial charge is 0.0667 e. The van der Waals surface area contributed by atoms with Crippen molar-refractivity contribution in [1.29, 1.82) is 0 Å². The van der Waals surface area contributed by atoms with Gasteiger partial charge in [-0.2, -0.15) is 5.10 Å². The van der Waals surface area contributed by atoms with Crippen molar-refractivity contribution in [3.63, 3.8) is 0 Å². The van der Waals surface area contributed by atoms with Crippen LogP contribution in [0.5, 0.6) is 0 Å². The average Bonchev–Trinajstić information content (AvgIpc) is 2.95. The van der Waals surface area contributed by atoms with E-state index in [1.165, 1.54) is 27.5 Å². The molecule has 2 aromatic heterocycles. The zero-order chi connectivity index (χ0) is 13.5. The van der Waals surface area contributed by atoms with Crippen molar-refractivity contribution < 1.29 is 0 Å². The summed E-state index contributed by atoms with van der Waals surface area (Å²) in [6.45, 7) is 2.16. The Hall–Kier alpha value is -2.61. The van der Waals surface area contributed by atoms with Crippen molar-refractivity contribution in [3.05, 3.63) is 72.6 Å². The molecule has 20 heavy (non-hydrogen) atoms. The number of rotatable bonds is 1. The Morgan fingerprint density at radius 3 is 2.65 bits per heavy atom. The number of aromatic nitrogens is 2. The summed E-state index contributed by atoms with van der Waals surface area (Å²) >= 11 is 0. The maximum atomic E-state index is 4.25. The standard InChI is InChI=1S/C18H14N2/c1-13-6-7-17(18-5-3-2-4-16(13)18)14-9-11-20-15(12-14)8-10-19-20/h2-12H,1H3. The Morgan fingerprint density at radius 1 is 0.900 bits per heavy atom. The highest BCUT2D eigenvalue weighted by Gasteiger charge is 2.06. The highest BCUT2D eigenvalue weighted by atomic mass is 15.2. The van der Waals surface area contributed by atoms with E-state index in [0.29, 0.717) is 0 Å². The van der Waals surface area contributed by atoms with Crippen molar-refractivity contribution in [2.75, 3.05) is 0 Å². The van der Waals surface area contributed by atoms with Crippen LogP contribution in [0, 0.1) is 6.92 Å². The molecule has 0 fully saturated rings. The van der Waals surface area contributed by atoms with Gasteiger partial charge in [0.1, 0.15) is 0 Å². The zero-order valence-corrected chi connectivity index (χ0v) is 11.2. The first kappa shape index (κ1) is 11.2. The number of benzene rings is 2. The Morgan fingerprint density at radius 2 is 1.75 bits per heavy atom. The average molecular weight is 258 g/mol. The van der Waals surface area contributed by atoms with Crippen LogP contribution in [0.15, 0.2) is 67.0 Å². The first-order valence-corrected chi connectivity index (χ1v) is 6.75. The van der Waals surface area contributed by atoms with Gasteiger partial charge in [0.2, 0.25) is 0 Å². The van der Waals surface area contributed by atoms with Crippen LogP contribution in [0.1, 0.15) is 5.56 Å². The molecule has 0 amide bonds. The van der Waals surface area contributed by atoms with E-state index < -0.39 is 0 Å². The van der Waals surface area contributed by atoms with E-state index >= 15 is 0 Å². The lowest BCUT2D eigenvalue weighted by Gasteiger charge is -2.09. The molecule has 0 unspecified atom stereocenters. The van der Waals surface area contributed by atoms with Crippen molar-refractivity contribution in [1.82, 2.24) is 9.61 Å². The van der Waals surface area contributed by atoms with E-state index in [1.54, 1.807) is 0 Å². The van der Waals surface area contributed by atoms with Crippen LogP contribution in [-0.2, 0) is 0 Å².